The maximum atomic E-state index is 12.6. The molecule has 6 heteroatoms. The monoisotopic (exact) mass is 312 g/mol. The van der Waals surface area contributed by atoms with E-state index in [1.54, 1.807) is 25.1 Å². The summed E-state index contributed by atoms with van der Waals surface area (Å²) in [6.45, 7) is 1.70. The highest BCUT2D eigenvalue weighted by molar-refractivity contribution is 6.35. The molecule has 2 aliphatic rings. The summed E-state index contributed by atoms with van der Waals surface area (Å²) >= 11 is 12.0. The highest BCUT2D eigenvalue weighted by Crippen LogP contribution is 2.37. The van der Waals surface area contributed by atoms with Crippen molar-refractivity contribution in [2.45, 2.75) is 31.8 Å². The van der Waals surface area contributed by atoms with Crippen molar-refractivity contribution in [2.24, 2.45) is 5.92 Å². The van der Waals surface area contributed by atoms with Gasteiger partial charge in [0, 0.05) is 15.7 Å². The molecule has 20 heavy (non-hydrogen) atoms. The molecule has 2 atom stereocenters. The Kier molecular flexibility index (Phi) is 3.38. The minimum absolute atomic E-state index is 0.0852. The van der Waals surface area contributed by atoms with E-state index < -0.39 is 12.1 Å². The predicted molar refractivity (Wildman–Crippen MR) is 78.1 cm³/mol. The lowest BCUT2D eigenvalue weighted by molar-refractivity contribution is -0.133. The topological polar surface area (TPSA) is 49.4 Å². The fourth-order valence-corrected chi connectivity index (χ4v) is 3.09. The van der Waals surface area contributed by atoms with Gasteiger partial charge in [0.15, 0.2) is 0 Å². The molecule has 0 radical (unpaired) electrons. The van der Waals surface area contributed by atoms with Gasteiger partial charge in [0.2, 0.25) is 5.91 Å². The van der Waals surface area contributed by atoms with Gasteiger partial charge in [-0.25, -0.2) is 0 Å². The Balaban J connectivity index is 1.99. The Morgan fingerprint density at radius 1 is 1.15 bits per heavy atom. The molecule has 2 amide bonds. The van der Waals surface area contributed by atoms with E-state index in [1.807, 2.05) is 0 Å². The maximum Gasteiger partial charge on any atom is 0.250 e. The number of piperazine rings is 1. The van der Waals surface area contributed by atoms with Gasteiger partial charge >= 0.3 is 0 Å². The predicted octanol–water partition coefficient (Wildman–Crippen LogP) is 2.62. The lowest BCUT2D eigenvalue weighted by Crippen LogP contribution is -2.63. The molecule has 1 aromatic carbocycles. The summed E-state index contributed by atoms with van der Waals surface area (Å²) in [4.78, 5) is 26.2. The quantitative estimate of drug-likeness (QED) is 0.912. The van der Waals surface area contributed by atoms with Crippen molar-refractivity contribution in [2.75, 3.05) is 4.90 Å². The van der Waals surface area contributed by atoms with E-state index in [2.05, 4.69) is 5.32 Å². The highest BCUT2D eigenvalue weighted by Gasteiger charge is 2.46. The lowest BCUT2D eigenvalue weighted by Gasteiger charge is -2.37. The number of hydrogen-bond acceptors (Lipinski definition) is 2. The number of hydrogen-bond donors (Lipinski definition) is 1. The van der Waals surface area contributed by atoms with E-state index >= 15 is 0 Å². The Morgan fingerprint density at radius 3 is 2.30 bits per heavy atom. The molecule has 4 nitrogen and oxygen atoms in total. The molecule has 1 heterocycles. The summed E-state index contributed by atoms with van der Waals surface area (Å²) in [6, 6.07) is 3.93. The molecule has 2 unspecified atom stereocenters. The molecule has 1 saturated carbocycles. The van der Waals surface area contributed by atoms with Gasteiger partial charge in [-0.2, -0.15) is 0 Å². The summed E-state index contributed by atoms with van der Waals surface area (Å²) in [5.41, 5.74) is 0.570. The summed E-state index contributed by atoms with van der Waals surface area (Å²) < 4.78 is 0. The molecule has 2 fully saturated rings. The summed E-state index contributed by atoms with van der Waals surface area (Å²) in [6.07, 6.45) is 1.96. The van der Waals surface area contributed by atoms with Crippen LogP contribution in [-0.4, -0.2) is 23.9 Å². The second-order valence-electron chi connectivity index (χ2n) is 5.34. The van der Waals surface area contributed by atoms with Crippen molar-refractivity contribution in [3.63, 3.8) is 0 Å². The Hall–Kier alpha value is -1.26. The second-order valence-corrected chi connectivity index (χ2v) is 6.21. The third-order valence-electron chi connectivity index (χ3n) is 3.79. The normalized spacial score (nSPS) is 26.6. The van der Waals surface area contributed by atoms with E-state index in [0.29, 0.717) is 15.7 Å². The molecule has 1 N–H and O–H groups in total. The Bertz CT molecular complexity index is 566. The van der Waals surface area contributed by atoms with Crippen LogP contribution < -0.4 is 10.2 Å². The van der Waals surface area contributed by atoms with Crippen LogP contribution in [0.3, 0.4) is 0 Å². The van der Waals surface area contributed by atoms with Crippen LogP contribution in [0.5, 0.6) is 0 Å². The number of amides is 2. The summed E-state index contributed by atoms with van der Waals surface area (Å²) in [5, 5.41) is 3.70. The largest absolute Gasteiger partial charge is 0.342 e. The van der Waals surface area contributed by atoms with E-state index in [0.717, 1.165) is 12.8 Å². The third-order valence-corrected chi connectivity index (χ3v) is 4.22. The molecule has 0 aromatic heterocycles. The van der Waals surface area contributed by atoms with Crippen molar-refractivity contribution < 1.29 is 9.59 Å². The summed E-state index contributed by atoms with van der Waals surface area (Å²) in [7, 11) is 0. The molecule has 0 spiro atoms. The van der Waals surface area contributed by atoms with Crippen LogP contribution in [0.1, 0.15) is 19.8 Å². The molecule has 0 bridgehead atoms. The third kappa shape index (κ3) is 2.38. The minimum Gasteiger partial charge on any atom is -0.342 e. The number of carbonyl (C=O) groups is 2. The zero-order valence-corrected chi connectivity index (χ0v) is 12.4. The standard InChI is InChI=1S/C14H14Cl2N2O2/c1-7-13(19)17-12(8-2-3-8)14(20)18(7)11-5-9(15)4-10(16)6-11/h4-8,12H,2-3H2,1H3,(H,17,19). The maximum absolute atomic E-state index is 12.6. The van der Waals surface area contributed by atoms with E-state index in [9.17, 15) is 9.59 Å². The van der Waals surface area contributed by atoms with Gasteiger partial charge in [-0.15, -0.1) is 0 Å². The molecule has 1 aliphatic carbocycles. The zero-order valence-electron chi connectivity index (χ0n) is 10.9. The SMILES string of the molecule is CC1C(=O)NC(C2CC2)C(=O)N1c1cc(Cl)cc(Cl)c1. The fourth-order valence-electron chi connectivity index (χ4n) is 2.57. The van der Waals surface area contributed by atoms with Crippen LogP contribution >= 0.6 is 23.2 Å². The van der Waals surface area contributed by atoms with E-state index in [4.69, 9.17) is 23.2 Å². The number of carbonyl (C=O) groups excluding carboxylic acids is 2. The molecule has 1 aromatic rings. The average Bonchev–Trinajstić information content (AvgIpc) is 3.17. The first-order chi connectivity index (χ1) is 9.47. The van der Waals surface area contributed by atoms with Crippen LogP contribution in [0, 0.1) is 5.92 Å². The molecule has 1 aliphatic heterocycles. The van der Waals surface area contributed by atoms with Crippen LogP contribution in [0.2, 0.25) is 10.0 Å². The van der Waals surface area contributed by atoms with Gasteiger partial charge in [-0.05, 0) is 43.9 Å². The Labute approximate surface area is 127 Å². The van der Waals surface area contributed by atoms with E-state index in [-0.39, 0.29) is 17.7 Å². The fraction of sp³-hybridized carbons (Fsp3) is 0.429. The lowest BCUT2D eigenvalue weighted by atomic mass is 10.0. The molecular weight excluding hydrogens is 299 g/mol. The van der Waals surface area contributed by atoms with Crippen molar-refractivity contribution in [1.29, 1.82) is 0 Å². The minimum atomic E-state index is -0.563. The van der Waals surface area contributed by atoms with Crippen LogP contribution in [0.15, 0.2) is 18.2 Å². The van der Waals surface area contributed by atoms with Gasteiger partial charge in [-0.1, -0.05) is 23.2 Å². The van der Waals surface area contributed by atoms with E-state index in [1.165, 1.54) is 4.90 Å². The van der Waals surface area contributed by atoms with Crippen LogP contribution in [-0.2, 0) is 9.59 Å². The smallest absolute Gasteiger partial charge is 0.250 e. The zero-order chi connectivity index (χ0) is 14.4. The number of nitrogens with one attached hydrogen (secondary N) is 1. The van der Waals surface area contributed by atoms with Crippen molar-refractivity contribution in [3.8, 4) is 0 Å². The van der Waals surface area contributed by atoms with Crippen molar-refractivity contribution in [3.05, 3.63) is 28.2 Å². The Morgan fingerprint density at radius 2 is 1.75 bits per heavy atom. The highest BCUT2D eigenvalue weighted by atomic mass is 35.5. The number of benzene rings is 1. The van der Waals surface area contributed by atoms with Crippen LogP contribution in [0.25, 0.3) is 0 Å². The molecule has 3 rings (SSSR count). The second kappa shape index (κ2) is 4.93. The van der Waals surface area contributed by atoms with Gasteiger partial charge in [0.25, 0.3) is 5.91 Å². The van der Waals surface area contributed by atoms with Gasteiger partial charge in [-0.3, -0.25) is 14.5 Å². The number of rotatable bonds is 2. The first-order valence-electron chi connectivity index (χ1n) is 6.57. The molecule has 1 saturated heterocycles. The summed E-state index contributed by atoms with van der Waals surface area (Å²) in [5.74, 6) is 0.0339. The average molecular weight is 313 g/mol. The number of anilines is 1. The molecule has 106 valence electrons. The van der Waals surface area contributed by atoms with Gasteiger partial charge in [0.05, 0.1) is 0 Å². The van der Waals surface area contributed by atoms with Crippen LogP contribution in [0.4, 0.5) is 5.69 Å². The first kappa shape index (κ1) is 13.7. The molecular formula is C14H14Cl2N2O2. The van der Waals surface area contributed by atoms with Crippen molar-refractivity contribution in [1.82, 2.24) is 5.32 Å². The first-order valence-corrected chi connectivity index (χ1v) is 7.32. The van der Waals surface area contributed by atoms with Gasteiger partial charge < -0.3 is 5.32 Å². The number of halogens is 2. The van der Waals surface area contributed by atoms with Gasteiger partial charge in [0.1, 0.15) is 12.1 Å². The number of nitrogens with zero attached hydrogens (tertiary/aromatic N) is 1. The van der Waals surface area contributed by atoms with Crippen molar-refractivity contribution >= 4 is 40.7 Å².